The zero-order chi connectivity index (χ0) is 12.3. The molecule has 90 valence electrons. The van der Waals surface area contributed by atoms with Crippen LogP contribution in [0, 0.1) is 17.3 Å². The van der Waals surface area contributed by atoms with Gasteiger partial charge in [0, 0.05) is 12.5 Å². The molecule has 0 spiro atoms. The quantitative estimate of drug-likeness (QED) is 0.633. The normalized spacial score (nSPS) is 31.3. The Balaban J connectivity index is 2.01. The summed E-state index contributed by atoms with van der Waals surface area (Å²) >= 11 is 0. The molecule has 0 aromatic carbocycles. The largest absolute Gasteiger partial charge is 0.443 e. The van der Waals surface area contributed by atoms with Gasteiger partial charge in [0.1, 0.15) is 5.60 Å². The minimum absolute atomic E-state index is 0.0278. The standard InChI is InChI=1S/C12H19NO3/c1-11(2,3)16-10(15)13-6-7-8(9(13)14)12(7,4)5/h7-8H,6H2,1-5H3/t7-,8-/m0/s1. The molecule has 1 aliphatic carbocycles. The van der Waals surface area contributed by atoms with Crippen molar-refractivity contribution in [3.63, 3.8) is 0 Å². The van der Waals surface area contributed by atoms with Gasteiger partial charge < -0.3 is 4.74 Å². The fraction of sp³-hybridized carbons (Fsp3) is 0.833. The minimum atomic E-state index is -0.542. The van der Waals surface area contributed by atoms with Crippen molar-refractivity contribution < 1.29 is 14.3 Å². The predicted octanol–water partition coefficient (Wildman–Crippen LogP) is 2.04. The van der Waals surface area contributed by atoms with E-state index in [4.69, 9.17) is 4.74 Å². The van der Waals surface area contributed by atoms with Crippen molar-refractivity contribution in [3.05, 3.63) is 0 Å². The van der Waals surface area contributed by atoms with E-state index in [-0.39, 0.29) is 17.2 Å². The summed E-state index contributed by atoms with van der Waals surface area (Å²) in [6, 6.07) is 0. The lowest BCUT2D eigenvalue weighted by atomic mass is 10.1. The van der Waals surface area contributed by atoms with Gasteiger partial charge >= 0.3 is 6.09 Å². The fourth-order valence-corrected chi connectivity index (χ4v) is 2.51. The number of nitrogens with zero attached hydrogens (tertiary/aromatic N) is 1. The van der Waals surface area contributed by atoms with E-state index in [9.17, 15) is 9.59 Å². The monoisotopic (exact) mass is 225 g/mol. The SMILES string of the molecule is CC(C)(C)OC(=O)N1C[C@H]2[C@@H](C1=O)C2(C)C. The van der Waals surface area contributed by atoms with E-state index in [1.54, 1.807) is 20.8 Å². The van der Waals surface area contributed by atoms with E-state index in [1.807, 2.05) is 0 Å². The maximum Gasteiger partial charge on any atom is 0.417 e. The highest BCUT2D eigenvalue weighted by Crippen LogP contribution is 2.62. The van der Waals surface area contributed by atoms with Gasteiger partial charge in [-0.3, -0.25) is 4.79 Å². The molecule has 2 aliphatic rings. The third-order valence-corrected chi connectivity index (χ3v) is 3.58. The summed E-state index contributed by atoms with van der Waals surface area (Å²) in [5, 5.41) is 0. The van der Waals surface area contributed by atoms with E-state index >= 15 is 0 Å². The van der Waals surface area contributed by atoms with Crippen molar-refractivity contribution in [2.75, 3.05) is 6.54 Å². The molecule has 1 saturated carbocycles. The summed E-state index contributed by atoms with van der Waals surface area (Å²) in [6.45, 7) is 10.1. The fourth-order valence-electron chi connectivity index (χ4n) is 2.51. The Bertz CT molecular complexity index is 354. The van der Waals surface area contributed by atoms with Gasteiger partial charge in [-0.25, -0.2) is 9.69 Å². The van der Waals surface area contributed by atoms with E-state index < -0.39 is 11.7 Å². The number of fused-ring (bicyclic) bond motifs is 1. The molecule has 2 atom stereocenters. The third kappa shape index (κ3) is 1.60. The summed E-state index contributed by atoms with van der Waals surface area (Å²) in [6.07, 6.45) is -0.500. The van der Waals surface area contributed by atoms with Crippen LogP contribution >= 0.6 is 0 Å². The molecular formula is C12H19NO3. The van der Waals surface area contributed by atoms with Crippen LogP contribution in [0.25, 0.3) is 0 Å². The highest BCUT2D eigenvalue weighted by Gasteiger charge is 2.68. The molecule has 4 heteroatoms. The van der Waals surface area contributed by atoms with E-state index in [1.165, 1.54) is 4.90 Å². The molecule has 0 aromatic heterocycles. The van der Waals surface area contributed by atoms with Crippen molar-refractivity contribution in [2.24, 2.45) is 17.3 Å². The van der Waals surface area contributed by atoms with Crippen molar-refractivity contribution in [1.82, 2.24) is 4.90 Å². The maximum atomic E-state index is 11.9. The number of carbonyl (C=O) groups excluding carboxylic acids is 2. The molecule has 2 amide bonds. The highest BCUT2D eigenvalue weighted by atomic mass is 16.6. The first-order valence-corrected chi connectivity index (χ1v) is 5.69. The Morgan fingerprint density at radius 1 is 1.44 bits per heavy atom. The average Bonchev–Trinajstić information content (AvgIpc) is 2.45. The number of ether oxygens (including phenoxy) is 1. The number of piperidine rings is 1. The second-order valence-electron chi connectivity index (χ2n) is 6.33. The summed E-state index contributed by atoms with van der Waals surface area (Å²) in [5.41, 5.74) is -0.463. The topological polar surface area (TPSA) is 46.6 Å². The number of hydrogen-bond donors (Lipinski definition) is 0. The molecule has 4 nitrogen and oxygen atoms in total. The molecule has 16 heavy (non-hydrogen) atoms. The Kier molecular flexibility index (Phi) is 2.14. The van der Waals surface area contributed by atoms with Crippen LogP contribution in [0.4, 0.5) is 4.79 Å². The first-order chi connectivity index (χ1) is 7.14. The van der Waals surface area contributed by atoms with Crippen molar-refractivity contribution in [1.29, 1.82) is 0 Å². The van der Waals surface area contributed by atoms with Crippen LogP contribution in [-0.4, -0.2) is 29.0 Å². The van der Waals surface area contributed by atoms with Gasteiger partial charge in [0.2, 0.25) is 5.91 Å². The number of likely N-dealkylation sites (tertiary alicyclic amines) is 1. The lowest BCUT2D eigenvalue weighted by Gasteiger charge is -2.25. The van der Waals surface area contributed by atoms with Crippen molar-refractivity contribution >= 4 is 12.0 Å². The van der Waals surface area contributed by atoms with Crippen molar-refractivity contribution in [2.45, 2.75) is 40.2 Å². The van der Waals surface area contributed by atoms with E-state index in [0.29, 0.717) is 12.5 Å². The van der Waals surface area contributed by atoms with E-state index in [2.05, 4.69) is 13.8 Å². The lowest BCUT2D eigenvalue weighted by molar-refractivity contribution is -0.130. The van der Waals surface area contributed by atoms with Crippen molar-refractivity contribution in [3.8, 4) is 0 Å². The first kappa shape index (κ1) is 11.4. The lowest BCUT2D eigenvalue weighted by Crippen LogP contribution is -2.40. The summed E-state index contributed by atoms with van der Waals surface area (Å²) in [7, 11) is 0. The number of rotatable bonds is 0. The molecule has 2 fully saturated rings. The molecule has 1 heterocycles. The van der Waals surface area contributed by atoms with Crippen LogP contribution in [0.15, 0.2) is 0 Å². The summed E-state index contributed by atoms with van der Waals surface area (Å²) in [5.74, 6) is 0.289. The van der Waals surface area contributed by atoms with Crippen LogP contribution in [0.2, 0.25) is 0 Å². The maximum absolute atomic E-state index is 11.9. The Morgan fingerprint density at radius 3 is 2.38 bits per heavy atom. The van der Waals surface area contributed by atoms with E-state index in [0.717, 1.165) is 0 Å². The molecule has 1 aliphatic heterocycles. The van der Waals surface area contributed by atoms with Gasteiger partial charge in [-0.05, 0) is 32.1 Å². The molecule has 1 saturated heterocycles. The average molecular weight is 225 g/mol. The minimum Gasteiger partial charge on any atom is -0.443 e. The van der Waals surface area contributed by atoms with Crippen LogP contribution in [0.3, 0.4) is 0 Å². The second-order valence-corrected chi connectivity index (χ2v) is 6.33. The number of amides is 2. The van der Waals surface area contributed by atoms with Gasteiger partial charge in [0.25, 0.3) is 0 Å². The van der Waals surface area contributed by atoms with Gasteiger partial charge in [-0.1, -0.05) is 13.8 Å². The zero-order valence-corrected chi connectivity index (χ0v) is 10.5. The number of hydrogen-bond acceptors (Lipinski definition) is 3. The predicted molar refractivity (Wildman–Crippen MR) is 58.7 cm³/mol. The first-order valence-electron chi connectivity index (χ1n) is 5.69. The zero-order valence-electron chi connectivity index (χ0n) is 10.5. The van der Waals surface area contributed by atoms with Crippen LogP contribution in [-0.2, 0) is 9.53 Å². The summed E-state index contributed by atoms with van der Waals surface area (Å²) in [4.78, 5) is 24.9. The molecule has 0 unspecified atom stereocenters. The van der Waals surface area contributed by atoms with Gasteiger partial charge in [0.05, 0.1) is 0 Å². The highest BCUT2D eigenvalue weighted by molar-refractivity contribution is 5.98. The molecule has 0 radical (unpaired) electrons. The van der Waals surface area contributed by atoms with Crippen LogP contribution in [0.1, 0.15) is 34.6 Å². The summed E-state index contributed by atoms with van der Waals surface area (Å²) < 4.78 is 5.20. The smallest absolute Gasteiger partial charge is 0.417 e. The molecule has 0 N–H and O–H groups in total. The van der Waals surface area contributed by atoms with Gasteiger partial charge in [0.15, 0.2) is 0 Å². The Hall–Kier alpha value is -1.06. The van der Waals surface area contributed by atoms with Crippen LogP contribution in [0.5, 0.6) is 0 Å². The third-order valence-electron chi connectivity index (χ3n) is 3.58. The molecular weight excluding hydrogens is 206 g/mol. The van der Waals surface area contributed by atoms with Gasteiger partial charge in [-0.15, -0.1) is 0 Å². The Labute approximate surface area is 95.9 Å². The van der Waals surface area contributed by atoms with Crippen LogP contribution < -0.4 is 0 Å². The number of carbonyl (C=O) groups is 2. The Morgan fingerprint density at radius 2 is 2.00 bits per heavy atom. The second kappa shape index (κ2) is 2.99. The molecule has 2 rings (SSSR count). The molecule has 0 bridgehead atoms. The number of imide groups is 1. The van der Waals surface area contributed by atoms with Gasteiger partial charge in [-0.2, -0.15) is 0 Å². The molecule has 0 aromatic rings.